The summed E-state index contributed by atoms with van der Waals surface area (Å²) in [4.78, 5) is 19.4. The van der Waals surface area contributed by atoms with Crippen LogP contribution in [0.3, 0.4) is 0 Å². The van der Waals surface area contributed by atoms with Gasteiger partial charge in [0.1, 0.15) is 0 Å². The Hall–Kier alpha value is -1.99. The molecular weight excluding hydrogens is 354 g/mol. The Morgan fingerprint density at radius 1 is 1.44 bits per heavy atom. The lowest BCUT2D eigenvalue weighted by atomic mass is 10.0. The Bertz CT molecular complexity index is 748. The van der Waals surface area contributed by atoms with Gasteiger partial charge in [0.2, 0.25) is 0 Å². The Balaban J connectivity index is 1.86. The summed E-state index contributed by atoms with van der Waals surface area (Å²) in [6.45, 7) is 2.82. The van der Waals surface area contributed by atoms with Crippen LogP contribution in [0.2, 0.25) is 0 Å². The van der Waals surface area contributed by atoms with Crippen molar-refractivity contribution in [2.24, 2.45) is 0 Å². The standard InChI is InChI=1S/C18H21N3O2S2/c1-12-8-11-25-17(12)16-15(13-6-3-4-9-19-13)20-18(24)21(16)10-5-7-14(22)23-2/h3-4,6,8-9,11,15-16H,5,7,10H2,1-2H3,(H,20,24)/t15-,16-/m0/s1. The van der Waals surface area contributed by atoms with Crippen LogP contribution in [0.1, 0.15) is 41.1 Å². The molecule has 7 heteroatoms. The minimum absolute atomic E-state index is 0.00387. The number of esters is 1. The number of nitrogens with one attached hydrogen (secondary N) is 1. The molecule has 1 aliphatic heterocycles. The summed E-state index contributed by atoms with van der Waals surface area (Å²) in [5.41, 5.74) is 2.22. The summed E-state index contributed by atoms with van der Waals surface area (Å²) in [6.07, 6.45) is 2.89. The van der Waals surface area contributed by atoms with Crippen molar-refractivity contribution < 1.29 is 9.53 Å². The number of pyridine rings is 1. The van der Waals surface area contributed by atoms with Crippen molar-refractivity contribution in [3.05, 3.63) is 52.0 Å². The summed E-state index contributed by atoms with van der Waals surface area (Å²) in [7, 11) is 1.42. The van der Waals surface area contributed by atoms with Gasteiger partial charge in [0, 0.05) is 24.0 Å². The number of ether oxygens (including phenoxy) is 1. The van der Waals surface area contributed by atoms with Crippen molar-refractivity contribution in [1.29, 1.82) is 0 Å². The molecule has 0 unspecified atom stereocenters. The maximum Gasteiger partial charge on any atom is 0.305 e. The molecular formula is C18H21N3O2S2. The summed E-state index contributed by atoms with van der Waals surface area (Å²) in [5.74, 6) is -0.191. The highest BCUT2D eigenvalue weighted by Crippen LogP contribution is 2.41. The van der Waals surface area contributed by atoms with Gasteiger partial charge in [0.05, 0.1) is 24.9 Å². The van der Waals surface area contributed by atoms with Gasteiger partial charge in [-0.15, -0.1) is 11.3 Å². The van der Waals surface area contributed by atoms with Crippen molar-refractivity contribution in [2.75, 3.05) is 13.7 Å². The molecule has 132 valence electrons. The van der Waals surface area contributed by atoms with E-state index in [9.17, 15) is 4.79 Å². The number of carbonyl (C=O) groups excluding carboxylic acids is 1. The van der Waals surface area contributed by atoms with Crippen LogP contribution in [-0.2, 0) is 9.53 Å². The lowest BCUT2D eigenvalue weighted by molar-refractivity contribution is -0.140. The molecule has 0 saturated carbocycles. The number of rotatable bonds is 6. The Labute approximate surface area is 157 Å². The van der Waals surface area contributed by atoms with Gasteiger partial charge < -0.3 is 15.0 Å². The maximum atomic E-state index is 11.4. The van der Waals surface area contributed by atoms with E-state index in [2.05, 4.69) is 33.6 Å². The Morgan fingerprint density at radius 2 is 2.28 bits per heavy atom. The second-order valence-electron chi connectivity index (χ2n) is 5.97. The first-order valence-electron chi connectivity index (χ1n) is 8.20. The van der Waals surface area contributed by atoms with E-state index in [0.717, 1.165) is 5.69 Å². The molecule has 0 spiro atoms. The molecule has 25 heavy (non-hydrogen) atoms. The maximum absolute atomic E-state index is 11.4. The number of aryl methyl sites for hydroxylation is 1. The fraction of sp³-hybridized carbons (Fsp3) is 0.389. The average molecular weight is 376 g/mol. The first kappa shape index (κ1) is 17.8. The topological polar surface area (TPSA) is 54.5 Å². The van der Waals surface area contributed by atoms with Crippen LogP contribution in [0, 0.1) is 6.92 Å². The highest BCUT2D eigenvalue weighted by molar-refractivity contribution is 7.80. The van der Waals surface area contributed by atoms with Crippen molar-refractivity contribution in [3.63, 3.8) is 0 Å². The van der Waals surface area contributed by atoms with E-state index in [1.807, 2.05) is 18.2 Å². The number of hydrogen-bond donors (Lipinski definition) is 1. The predicted octanol–water partition coefficient (Wildman–Crippen LogP) is 3.38. The average Bonchev–Trinajstić information content (AvgIpc) is 3.18. The van der Waals surface area contributed by atoms with Crippen LogP contribution in [0.15, 0.2) is 35.8 Å². The van der Waals surface area contributed by atoms with Crippen LogP contribution in [0.25, 0.3) is 0 Å². The van der Waals surface area contributed by atoms with Gasteiger partial charge in [0.15, 0.2) is 5.11 Å². The molecule has 0 radical (unpaired) electrons. The molecule has 2 aromatic rings. The van der Waals surface area contributed by atoms with Gasteiger partial charge in [-0.05, 0) is 54.7 Å². The molecule has 3 rings (SSSR count). The van der Waals surface area contributed by atoms with Crippen molar-refractivity contribution in [1.82, 2.24) is 15.2 Å². The van der Waals surface area contributed by atoms with Crippen molar-refractivity contribution in [2.45, 2.75) is 31.8 Å². The molecule has 0 aromatic carbocycles. The fourth-order valence-electron chi connectivity index (χ4n) is 3.11. The SMILES string of the molecule is COC(=O)CCCN1C(=S)N[C@@H](c2ccccn2)[C@H]1c1sccc1C. The summed E-state index contributed by atoms with van der Waals surface area (Å²) in [6, 6.07) is 8.14. The molecule has 3 heterocycles. The van der Waals surface area contributed by atoms with Crippen LogP contribution in [-0.4, -0.2) is 34.6 Å². The van der Waals surface area contributed by atoms with Crippen LogP contribution >= 0.6 is 23.6 Å². The highest BCUT2D eigenvalue weighted by atomic mass is 32.1. The van der Waals surface area contributed by atoms with E-state index in [1.165, 1.54) is 17.6 Å². The summed E-state index contributed by atoms with van der Waals surface area (Å²) >= 11 is 7.33. The zero-order chi connectivity index (χ0) is 17.8. The third-order valence-corrected chi connectivity index (χ3v) is 5.82. The molecule has 5 nitrogen and oxygen atoms in total. The number of carbonyl (C=O) groups is 1. The smallest absolute Gasteiger partial charge is 0.305 e. The number of methoxy groups -OCH3 is 1. The summed E-state index contributed by atoms with van der Waals surface area (Å²) < 4.78 is 4.74. The first-order valence-corrected chi connectivity index (χ1v) is 9.49. The Kier molecular flexibility index (Phi) is 5.65. The van der Waals surface area contributed by atoms with E-state index in [1.54, 1.807) is 17.5 Å². The second-order valence-corrected chi connectivity index (χ2v) is 7.30. The van der Waals surface area contributed by atoms with Crippen LogP contribution in [0.4, 0.5) is 0 Å². The minimum atomic E-state index is -0.191. The molecule has 0 aliphatic carbocycles. The van der Waals surface area contributed by atoms with Gasteiger partial charge >= 0.3 is 5.97 Å². The molecule has 0 bridgehead atoms. The monoisotopic (exact) mass is 375 g/mol. The molecule has 1 N–H and O–H groups in total. The van der Waals surface area contributed by atoms with E-state index in [-0.39, 0.29) is 18.1 Å². The molecule has 1 saturated heterocycles. The molecule has 2 atom stereocenters. The molecule has 1 fully saturated rings. The third-order valence-electron chi connectivity index (χ3n) is 4.38. The first-order chi connectivity index (χ1) is 12.1. The minimum Gasteiger partial charge on any atom is -0.469 e. The van der Waals surface area contributed by atoms with Crippen molar-refractivity contribution in [3.8, 4) is 0 Å². The Morgan fingerprint density at radius 3 is 2.92 bits per heavy atom. The number of nitrogens with zero attached hydrogens (tertiary/aromatic N) is 2. The van der Waals surface area contributed by atoms with E-state index in [0.29, 0.717) is 24.5 Å². The highest BCUT2D eigenvalue weighted by Gasteiger charge is 2.40. The van der Waals surface area contributed by atoms with Crippen LogP contribution in [0.5, 0.6) is 0 Å². The largest absolute Gasteiger partial charge is 0.469 e. The zero-order valence-corrected chi connectivity index (χ0v) is 15.9. The number of hydrogen-bond acceptors (Lipinski definition) is 5. The molecule has 1 aliphatic rings. The van der Waals surface area contributed by atoms with E-state index in [4.69, 9.17) is 17.0 Å². The number of aromatic nitrogens is 1. The van der Waals surface area contributed by atoms with Crippen LogP contribution < -0.4 is 5.32 Å². The van der Waals surface area contributed by atoms with E-state index >= 15 is 0 Å². The summed E-state index contributed by atoms with van der Waals surface area (Å²) in [5, 5.41) is 6.24. The second kappa shape index (κ2) is 7.93. The van der Waals surface area contributed by atoms with Gasteiger partial charge in [-0.3, -0.25) is 9.78 Å². The molecule has 2 aromatic heterocycles. The van der Waals surface area contributed by atoms with Gasteiger partial charge in [0.25, 0.3) is 0 Å². The zero-order valence-electron chi connectivity index (χ0n) is 14.3. The third kappa shape index (κ3) is 3.82. The number of thiocarbonyl (C=S) groups is 1. The van der Waals surface area contributed by atoms with Crippen molar-refractivity contribution >= 4 is 34.6 Å². The quantitative estimate of drug-likeness (QED) is 0.617. The predicted molar refractivity (Wildman–Crippen MR) is 102 cm³/mol. The molecule has 0 amide bonds. The lowest BCUT2D eigenvalue weighted by Crippen LogP contribution is -2.30. The van der Waals surface area contributed by atoms with Gasteiger partial charge in [-0.2, -0.15) is 0 Å². The van der Waals surface area contributed by atoms with Gasteiger partial charge in [-0.1, -0.05) is 6.07 Å². The van der Waals surface area contributed by atoms with Gasteiger partial charge in [-0.25, -0.2) is 0 Å². The normalized spacial score (nSPS) is 19.8. The lowest BCUT2D eigenvalue weighted by Gasteiger charge is -2.27. The van der Waals surface area contributed by atoms with E-state index < -0.39 is 0 Å². The number of thiophene rings is 1. The fourth-order valence-corrected chi connectivity index (χ4v) is 4.52.